The van der Waals surface area contributed by atoms with Gasteiger partial charge in [0.05, 0.1) is 12.1 Å². The third-order valence-corrected chi connectivity index (χ3v) is 4.83. The Kier molecular flexibility index (Phi) is 3.68. The fourth-order valence-corrected chi connectivity index (χ4v) is 3.34. The number of rotatable bonds is 4. The number of nitrogens with zero attached hydrogens (tertiary/aromatic N) is 1. The van der Waals surface area contributed by atoms with Crippen LogP contribution < -0.4 is 10.2 Å². The molecule has 1 saturated carbocycles. The molecular weight excluding hydrogens is 280 g/mol. The number of anilines is 1. The molecule has 1 aromatic carbocycles. The number of carbonyl (C=O) groups excluding carboxylic acids is 2. The predicted octanol–water partition coefficient (Wildman–Crippen LogP) is 1.24. The second-order valence-electron chi connectivity index (χ2n) is 6.58. The lowest BCUT2D eigenvalue weighted by Crippen LogP contribution is -2.57. The number of aliphatic hydroxyl groups is 1. The van der Waals surface area contributed by atoms with Crippen LogP contribution >= 0.6 is 0 Å². The summed E-state index contributed by atoms with van der Waals surface area (Å²) in [5.41, 5.74) is 1.23. The highest BCUT2D eigenvalue weighted by molar-refractivity contribution is 6.02. The Balaban J connectivity index is 1.82. The van der Waals surface area contributed by atoms with E-state index in [9.17, 15) is 14.7 Å². The van der Waals surface area contributed by atoms with E-state index in [2.05, 4.69) is 5.32 Å². The Morgan fingerprint density at radius 1 is 1.36 bits per heavy atom. The highest BCUT2D eigenvalue weighted by atomic mass is 16.3. The molecule has 0 spiro atoms. The summed E-state index contributed by atoms with van der Waals surface area (Å²) in [4.78, 5) is 26.3. The quantitative estimate of drug-likeness (QED) is 0.879. The topological polar surface area (TPSA) is 69.6 Å². The van der Waals surface area contributed by atoms with Crippen LogP contribution in [-0.4, -0.2) is 35.1 Å². The molecular formula is C17H22N2O3. The molecule has 1 unspecified atom stereocenters. The molecule has 0 bridgehead atoms. The fraction of sp³-hybridized carbons (Fsp3) is 0.529. The summed E-state index contributed by atoms with van der Waals surface area (Å²) in [5, 5.41) is 12.6. The van der Waals surface area contributed by atoms with Crippen molar-refractivity contribution in [1.82, 2.24) is 5.32 Å². The molecule has 2 aliphatic rings. The zero-order valence-electron chi connectivity index (χ0n) is 13.0. The minimum Gasteiger partial charge on any atom is -0.394 e. The van der Waals surface area contributed by atoms with E-state index in [0.29, 0.717) is 12.3 Å². The first kappa shape index (κ1) is 15.0. The molecule has 1 aromatic rings. The normalized spacial score (nSPS) is 22.9. The van der Waals surface area contributed by atoms with Crippen molar-refractivity contribution < 1.29 is 14.7 Å². The van der Waals surface area contributed by atoms with Gasteiger partial charge >= 0.3 is 0 Å². The molecule has 2 N–H and O–H groups in total. The van der Waals surface area contributed by atoms with Crippen molar-refractivity contribution in [3.05, 3.63) is 29.8 Å². The molecule has 0 radical (unpaired) electrons. The van der Waals surface area contributed by atoms with Crippen LogP contribution in [0.4, 0.5) is 5.69 Å². The zero-order valence-corrected chi connectivity index (χ0v) is 13.0. The van der Waals surface area contributed by atoms with Crippen molar-refractivity contribution in [3.8, 4) is 0 Å². The van der Waals surface area contributed by atoms with Gasteiger partial charge in [-0.3, -0.25) is 14.5 Å². The molecule has 22 heavy (non-hydrogen) atoms. The average molecular weight is 302 g/mol. The van der Waals surface area contributed by atoms with Gasteiger partial charge in [0.15, 0.2) is 0 Å². The fourth-order valence-electron chi connectivity index (χ4n) is 3.34. The molecule has 1 aliphatic heterocycles. The van der Waals surface area contributed by atoms with Gasteiger partial charge in [-0.05, 0) is 37.3 Å². The molecule has 0 aromatic heterocycles. The Hall–Kier alpha value is -1.88. The first-order valence-corrected chi connectivity index (χ1v) is 7.77. The molecule has 2 atom stereocenters. The number of nitrogens with one attached hydrogen (secondary N) is 1. The van der Waals surface area contributed by atoms with Gasteiger partial charge in [0, 0.05) is 19.0 Å². The minimum atomic E-state index is -0.589. The Labute approximate surface area is 130 Å². The van der Waals surface area contributed by atoms with Crippen LogP contribution in [0.25, 0.3) is 0 Å². The van der Waals surface area contributed by atoms with E-state index in [1.54, 1.807) is 4.90 Å². The molecule has 5 nitrogen and oxygen atoms in total. The SMILES string of the molecule is CC(=O)N1c2ccccc2C[C@H]1C(=O)NC(C)(CO)C1CC1. The van der Waals surface area contributed by atoms with E-state index in [4.69, 9.17) is 0 Å². The number of amides is 2. The van der Waals surface area contributed by atoms with Gasteiger partial charge in [0.25, 0.3) is 0 Å². The number of para-hydroxylation sites is 1. The molecule has 2 amide bonds. The average Bonchev–Trinajstić information content (AvgIpc) is 3.27. The summed E-state index contributed by atoms with van der Waals surface area (Å²) in [5.74, 6) is 0.00748. The molecule has 1 heterocycles. The van der Waals surface area contributed by atoms with E-state index in [-0.39, 0.29) is 18.4 Å². The van der Waals surface area contributed by atoms with Gasteiger partial charge in [-0.15, -0.1) is 0 Å². The van der Waals surface area contributed by atoms with Crippen LogP contribution in [0.3, 0.4) is 0 Å². The van der Waals surface area contributed by atoms with Crippen molar-refractivity contribution in [3.63, 3.8) is 0 Å². The largest absolute Gasteiger partial charge is 0.394 e. The van der Waals surface area contributed by atoms with Gasteiger partial charge in [0.2, 0.25) is 11.8 Å². The maximum Gasteiger partial charge on any atom is 0.244 e. The Morgan fingerprint density at radius 2 is 2.05 bits per heavy atom. The first-order chi connectivity index (χ1) is 10.5. The van der Waals surface area contributed by atoms with Gasteiger partial charge in [-0.2, -0.15) is 0 Å². The van der Waals surface area contributed by atoms with Crippen molar-refractivity contribution >= 4 is 17.5 Å². The smallest absolute Gasteiger partial charge is 0.244 e. The van der Waals surface area contributed by atoms with Crippen LogP contribution in [0.5, 0.6) is 0 Å². The maximum absolute atomic E-state index is 12.7. The van der Waals surface area contributed by atoms with Crippen LogP contribution in [0, 0.1) is 5.92 Å². The lowest BCUT2D eigenvalue weighted by atomic mass is 9.96. The zero-order chi connectivity index (χ0) is 15.9. The van der Waals surface area contributed by atoms with Gasteiger partial charge in [0.1, 0.15) is 6.04 Å². The van der Waals surface area contributed by atoms with E-state index >= 15 is 0 Å². The maximum atomic E-state index is 12.7. The summed E-state index contributed by atoms with van der Waals surface area (Å²) in [6.45, 7) is 3.28. The second kappa shape index (κ2) is 5.39. The number of carbonyl (C=O) groups is 2. The summed E-state index contributed by atoms with van der Waals surface area (Å²) in [6.07, 6.45) is 2.57. The van der Waals surface area contributed by atoms with Crippen molar-refractivity contribution in [2.45, 2.75) is 44.7 Å². The third kappa shape index (κ3) is 2.50. The van der Waals surface area contributed by atoms with Gasteiger partial charge in [-0.25, -0.2) is 0 Å². The van der Waals surface area contributed by atoms with E-state index in [0.717, 1.165) is 24.1 Å². The monoisotopic (exact) mass is 302 g/mol. The lowest BCUT2D eigenvalue weighted by Gasteiger charge is -2.32. The standard InChI is InChI=1S/C17H22N2O3/c1-11(21)19-14-6-4-3-5-12(14)9-15(19)16(22)18-17(2,10-20)13-7-8-13/h3-6,13,15,20H,7-10H2,1-2H3,(H,18,22)/t15-,17?/m0/s1. The lowest BCUT2D eigenvalue weighted by molar-refractivity contribution is -0.127. The van der Waals surface area contributed by atoms with Crippen LogP contribution in [0.1, 0.15) is 32.3 Å². The number of fused-ring (bicyclic) bond motifs is 1. The van der Waals surface area contributed by atoms with Gasteiger partial charge in [-0.1, -0.05) is 18.2 Å². The van der Waals surface area contributed by atoms with Crippen LogP contribution in [-0.2, 0) is 16.0 Å². The summed E-state index contributed by atoms with van der Waals surface area (Å²) in [7, 11) is 0. The van der Waals surface area contributed by atoms with E-state index in [1.165, 1.54) is 6.92 Å². The van der Waals surface area contributed by atoms with E-state index in [1.807, 2.05) is 31.2 Å². The number of benzene rings is 1. The molecule has 118 valence electrons. The number of hydrogen-bond acceptors (Lipinski definition) is 3. The summed E-state index contributed by atoms with van der Waals surface area (Å²) < 4.78 is 0. The van der Waals surface area contributed by atoms with Crippen LogP contribution in [0.2, 0.25) is 0 Å². The highest BCUT2D eigenvalue weighted by Gasteiger charge is 2.45. The highest BCUT2D eigenvalue weighted by Crippen LogP contribution is 2.40. The second-order valence-corrected chi connectivity index (χ2v) is 6.58. The Morgan fingerprint density at radius 3 is 2.64 bits per heavy atom. The van der Waals surface area contributed by atoms with Crippen LogP contribution in [0.15, 0.2) is 24.3 Å². The Bertz CT molecular complexity index is 612. The van der Waals surface area contributed by atoms with Crippen molar-refractivity contribution in [2.24, 2.45) is 5.92 Å². The summed E-state index contributed by atoms with van der Waals surface area (Å²) >= 11 is 0. The minimum absolute atomic E-state index is 0.0802. The summed E-state index contributed by atoms with van der Waals surface area (Å²) in [6, 6.07) is 7.08. The predicted molar refractivity (Wildman–Crippen MR) is 83.5 cm³/mol. The molecule has 1 aliphatic carbocycles. The first-order valence-electron chi connectivity index (χ1n) is 7.77. The van der Waals surface area contributed by atoms with Crippen molar-refractivity contribution in [2.75, 3.05) is 11.5 Å². The molecule has 5 heteroatoms. The number of hydrogen-bond donors (Lipinski definition) is 2. The molecule has 3 rings (SSSR count). The van der Waals surface area contributed by atoms with Crippen molar-refractivity contribution in [1.29, 1.82) is 0 Å². The number of aliphatic hydroxyl groups excluding tert-OH is 1. The van der Waals surface area contributed by atoms with E-state index < -0.39 is 11.6 Å². The van der Waals surface area contributed by atoms with Gasteiger partial charge < -0.3 is 10.4 Å². The third-order valence-electron chi connectivity index (χ3n) is 4.83. The molecule has 0 saturated heterocycles. The molecule has 1 fully saturated rings.